The van der Waals surface area contributed by atoms with Crippen molar-refractivity contribution < 1.29 is 28.7 Å². The van der Waals surface area contributed by atoms with E-state index in [9.17, 15) is 19.2 Å². The van der Waals surface area contributed by atoms with Crippen LogP contribution >= 0.6 is 0 Å². The van der Waals surface area contributed by atoms with E-state index >= 15 is 0 Å². The Labute approximate surface area is 266 Å². The van der Waals surface area contributed by atoms with E-state index in [0.717, 1.165) is 11.1 Å². The van der Waals surface area contributed by atoms with Gasteiger partial charge in [0.05, 0.1) is 0 Å². The number of fused-ring (bicyclic) bond motifs is 3. The summed E-state index contributed by atoms with van der Waals surface area (Å²) in [5.41, 5.74) is 3.49. The summed E-state index contributed by atoms with van der Waals surface area (Å²) in [5, 5.41) is 8.64. The summed E-state index contributed by atoms with van der Waals surface area (Å²) in [5.74, 6) is -0.675. The summed E-state index contributed by atoms with van der Waals surface area (Å²) in [4.78, 5) is 53.2. The van der Waals surface area contributed by atoms with Crippen LogP contribution in [-0.2, 0) is 19.1 Å². The standard InChI is InChI=1S/C35H48N4O6/c1-34(2,3)38-30(40)28(37-31(41)29-19-13-21-39(29)33(43)45-35(4,5)6)18-11-12-20-36-32(42)44-22-27-25-16-9-7-14-23(25)24-15-8-10-17-26(24)27/h7-10,14-17,27-29H,11-13,18-22H2,1-6H3,(H,36,42)(H,37,41)(H,38,40)/t28-,29?/m0/s1. The van der Waals surface area contributed by atoms with Gasteiger partial charge in [-0.05, 0) is 95.9 Å². The fourth-order valence-corrected chi connectivity index (χ4v) is 5.89. The van der Waals surface area contributed by atoms with Crippen LogP contribution in [0.15, 0.2) is 48.5 Å². The highest BCUT2D eigenvalue weighted by atomic mass is 16.6. The minimum atomic E-state index is -0.785. The molecule has 2 aromatic carbocycles. The molecular weight excluding hydrogens is 572 g/mol. The highest BCUT2D eigenvalue weighted by molar-refractivity contribution is 5.91. The van der Waals surface area contributed by atoms with Gasteiger partial charge in [0, 0.05) is 24.5 Å². The van der Waals surface area contributed by atoms with Crippen molar-refractivity contribution in [2.75, 3.05) is 19.7 Å². The molecule has 2 aromatic rings. The van der Waals surface area contributed by atoms with Crippen molar-refractivity contribution in [1.29, 1.82) is 0 Å². The Hall–Kier alpha value is -4.08. The van der Waals surface area contributed by atoms with Crippen molar-refractivity contribution in [2.24, 2.45) is 0 Å². The van der Waals surface area contributed by atoms with Gasteiger partial charge >= 0.3 is 12.2 Å². The monoisotopic (exact) mass is 620 g/mol. The summed E-state index contributed by atoms with van der Waals surface area (Å²) in [6, 6.07) is 14.9. The minimum Gasteiger partial charge on any atom is -0.449 e. The Morgan fingerprint density at radius 3 is 2.13 bits per heavy atom. The molecule has 1 fully saturated rings. The van der Waals surface area contributed by atoms with Gasteiger partial charge in [-0.1, -0.05) is 48.5 Å². The van der Waals surface area contributed by atoms with Gasteiger partial charge in [-0.2, -0.15) is 0 Å². The Morgan fingerprint density at radius 2 is 1.53 bits per heavy atom. The number of amides is 4. The number of hydrogen-bond acceptors (Lipinski definition) is 6. The zero-order valence-corrected chi connectivity index (χ0v) is 27.4. The lowest BCUT2D eigenvalue weighted by atomic mass is 9.98. The second kappa shape index (κ2) is 14.3. The number of benzene rings is 2. The van der Waals surface area contributed by atoms with E-state index in [4.69, 9.17) is 9.47 Å². The van der Waals surface area contributed by atoms with Crippen LogP contribution in [0.4, 0.5) is 9.59 Å². The zero-order valence-electron chi connectivity index (χ0n) is 27.4. The Morgan fingerprint density at radius 1 is 0.911 bits per heavy atom. The molecule has 45 heavy (non-hydrogen) atoms. The number of rotatable bonds is 10. The molecule has 3 N–H and O–H groups in total. The van der Waals surface area contributed by atoms with Crippen LogP contribution in [0.2, 0.25) is 0 Å². The van der Waals surface area contributed by atoms with E-state index < -0.39 is 35.4 Å². The van der Waals surface area contributed by atoms with Crippen LogP contribution in [0.5, 0.6) is 0 Å². The molecule has 1 saturated heterocycles. The first-order chi connectivity index (χ1) is 21.2. The maximum atomic E-state index is 13.3. The smallest absolute Gasteiger partial charge is 0.410 e. The van der Waals surface area contributed by atoms with Gasteiger partial charge in [0.1, 0.15) is 24.3 Å². The molecule has 4 rings (SSSR count). The van der Waals surface area contributed by atoms with Crippen molar-refractivity contribution in [3.05, 3.63) is 59.7 Å². The van der Waals surface area contributed by atoms with E-state index in [-0.39, 0.29) is 24.3 Å². The lowest BCUT2D eigenvalue weighted by Gasteiger charge is -2.30. The van der Waals surface area contributed by atoms with E-state index in [1.807, 2.05) is 45.0 Å². The van der Waals surface area contributed by atoms with E-state index in [0.29, 0.717) is 45.2 Å². The number of carbonyl (C=O) groups excluding carboxylic acids is 4. The molecule has 2 atom stereocenters. The van der Waals surface area contributed by atoms with Crippen molar-refractivity contribution >= 4 is 24.0 Å². The summed E-state index contributed by atoms with van der Waals surface area (Å²) in [7, 11) is 0. The SMILES string of the molecule is CC(C)(C)NC(=O)[C@H](CCCCNC(=O)OCC1c2ccccc2-c2ccccc21)NC(=O)C1CCCN1C(=O)OC(C)(C)C. The van der Waals surface area contributed by atoms with Crippen LogP contribution in [0, 0.1) is 0 Å². The number of alkyl carbamates (subject to hydrolysis) is 1. The van der Waals surface area contributed by atoms with Crippen molar-refractivity contribution in [3.8, 4) is 11.1 Å². The summed E-state index contributed by atoms with van der Waals surface area (Å²) in [6.45, 7) is 12.0. The quantitative estimate of drug-likeness (QED) is 0.302. The third kappa shape index (κ3) is 9.22. The molecule has 0 saturated carbocycles. The van der Waals surface area contributed by atoms with E-state index in [2.05, 4.69) is 40.2 Å². The van der Waals surface area contributed by atoms with Gasteiger partial charge in [-0.25, -0.2) is 9.59 Å². The molecule has 0 bridgehead atoms. The largest absolute Gasteiger partial charge is 0.449 e. The summed E-state index contributed by atoms with van der Waals surface area (Å²) < 4.78 is 11.1. The van der Waals surface area contributed by atoms with Gasteiger partial charge in [0.2, 0.25) is 11.8 Å². The topological polar surface area (TPSA) is 126 Å². The lowest BCUT2D eigenvalue weighted by molar-refractivity contribution is -0.132. The number of likely N-dealkylation sites (tertiary alicyclic amines) is 1. The summed E-state index contributed by atoms with van der Waals surface area (Å²) >= 11 is 0. The number of unbranched alkanes of at least 4 members (excludes halogenated alkanes) is 1. The number of ether oxygens (including phenoxy) is 2. The molecule has 4 amide bonds. The van der Waals surface area contributed by atoms with Gasteiger partial charge in [-0.15, -0.1) is 0 Å². The highest BCUT2D eigenvalue weighted by Crippen LogP contribution is 2.44. The number of hydrogen-bond donors (Lipinski definition) is 3. The van der Waals surface area contributed by atoms with Crippen molar-refractivity contribution in [2.45, 2.75) is 103 Å². The van der Waals surface area contributed by atoms with Gasteiger partial charge in [0.25, 0.3) is 0 Å². The predicted octanol–water partition coefficient (Wildman–Crippen LogP) is 5.49. The van der Waals surface area contributed by atoms with Crippen LogP contribution in [0.1, 0.15) is 90.7 Å². The molecular formula is C35H48N4O6. The third-order valence-electron chi connectivity index (χ3n) is 7.85. The maximum absolute atomic E-state index is 13.3. The molecule has 0 radical (unpaired) electrons. The first-order valence-electron chi connectivity index (χ1n) is 15.9. The fraction of sp³-hybridized carbons (Fsp3) is 0.543. The highest BCUT2D eigenvalue weighted by Gasteiger charge is 2.38. The Bertz CT molecular complexity index is 1330. The first-order valence-corrected chi connectivity index (χ1v) is 15.9. The normalized spacial score (nSPS) is 16.8. The molecule has 1 unspecified atom stereocenters. The molecule has 2 aliphatic rings. The zero-order chi connectivity index (χ0) is 32.8. The lowest BCUT2D eigenvalue weighted by Crippen LogP contribution is -2.56. The van der Waals surface area contributed by atoms with Crippen molar-refractivity contribution in [1.82, 2.24) is 20.9 Å². The number of nitrogens with zero attached hydrogens (tertiary/aromatic N) is 1. The van der Waals surface area contributed by atoms with Crippen LogP contribution in [-0.4, -0.2) is 71.8 Å². The van der Waals surface area contributed by atoms with Crippen LogP contribution < -0.4 is 16.0 Å². The van der Waals surface area contributed by atoms with Gasteiger partial charge < -0.3 is 25.4 Å². The van der Waals surface area contributed by atoms with E-state index in [1.165, 1.54) is 16.0 Å². The van der Waals surface area contributed by atoms with Crippen molar-refractivity contribution in [3.63, 3.8) is 0 Å². The van der Waals surface area contributed by atoms with Gasteiger partial charge in [0.15, 0.2) is 0 Å². The predicted molar refractivity (Wildman–Crippen MR) is 173 cm³/mol. The second-order valence-electron chi connectivity index (χ2n) is 13.9. The molecule has 10 heteroatoms. The minimum absolute atomic E-state index is 0.0139. The molecule has 10 nitrogen and oxygen atoms in total. The van der Waals surface area contributed by atoms with Crippen LogP contribution in [0.25, 0.3) is 11.1 Å². The Kier molecular flexibility index (Phi) is 10.8. The van der Waals surface area contributed by atoms with Crippen LogP contribution in [0.3, 0.4) is 0 Å². The molecule has 0 spiro atoms. The average Bonchev–Trinajstić information content (AvgIpc) is 3.57. The maximum Gasteiger partial charge on any atom is 0.410 e. The summed E-state index contributed by atoms with van der Waals surface area (Å²) in [6.07, 6.45) is 1.70. The first kappa shape index (κ1) is 33.8. The fourth-order valence-electron chi connectivity index (χ4n) is 5.89. The van der Waals surface area contributed by atoms with E-state index in [1.54, 1.807) is 20.8 Å². The molecule has 0 aromatic heterocycles. The molecule has 244 valence electrons. The Balaban J connectivity index is 1.26. The third-order valence-corrected chi connectivity index (χ3v) is 7.85. The molecule has 1 aliphatic heterocycles. The second-order valence-corrected chi connectivity index (χ2v) is 13.9. The molecule has 1 heterocycles. The van der Waals surface area contributed by atoms with Gasteiger partial charge in [-0.3, -0.25) is 14.5 Å². The number of nitrogens with one attached hydrogen (secondary N) is 3. The molecule has 1 aliphatic carbocycles. The number of carbonyl (C=O) groups is 4. The average molecular weight is 621 g/mol.